The Labute approximate surface area is 100 Å². The minimum atomic E-state index is 0.763. The first-order chi connectivity index (χ1) is 7.79. The fourth-order valence-corrected chi connectivity index (χ4v) is 3.11. The average molecular weight is 225 g/mol. The summed E-state index contributed by atoms with van der Waals surface area (Å²) in [5.41, 5.74) is 0. The van der Waals surface area contributed by atoms with Crippen LogP contribution < -0.4 is 5.32 Å². The molecular formula is C13H27N3. The molecule has 3 nitrogen and oxygen atoms in total. The van der Waals surface area contributed by atoms with Gasteiger partial charge >= 0.3 is 0 Å². The van der Waals surface area contributed by atoms with Crippen molar-refractivity contribution in [2.45, 2.75) is 44.2 Å². The SMILES string of the molecule is CNC1CCC(N(C)CCN2CCCC2)C1. The van der Waals surface area contributed by atoms with Crippen LogP contribution in [0.4, 0.5) is 0 Å². The van der Waals surface area contributed by atoms with E-state index in [-0.39, 0.29) is 0 Å². The van der Waals surface area contributed by atoms with Gasteiger partial charge < -0.3 is 15.1 Å². The van der Waals surface area contributed by atoms with Crippen LogP contribution in [-0.4, -0.2) is 62.2 Å². The zero-order chi connectivity index (χ0) is 11.4. The van der Waals surface area contributed by atoms with Crippen molar-refractivity contribution in [3.05, 3.63) is 0 Å². The van der Waals surface area contributed by atoms with E-state index in [9.17, 15) is 0 Å². The van der Waals surface area contributed by atoms with Crippen LogP contribution in [0.25, 0.3) is 0 Å². The summed E-state index contributed by atoms with van der Waals surface area (Å²) in [7, 11) is 4.40. The molecule has 0 aromatic heterocycles. The van der Waals surface area contributed by atoms with Gasteiger partial charge in [-0.2, -0.15) is 0 Å². The minimum Gasteiger partial charge on any atom is -0.317 e. The molecule has 1 aliphatic carbocycles. The number of hydrogen-bond acceptors (Lipinski definition) is 3. The van der Waals surface area contributed by atoms with Crippen molar-refractivity contribution in [2.24, 2.45) is 0 Å². The molecule has 3 heteroatoms. The number of hydrogen-bond donors (Lipinski definition) is 1. The molecule has 1 N–H and O–H groups in total. The number of nitrogens with one attached hydrogen (secondary N) is 1. The van der Waals surface area contributed by atoms with Gasteiger partial charge in [-0.1, -0.05) is 0 Å². The molecule has 2 unspecified atom stereocenters. The van der Waals surface area contributed by atoms with Crippen LogP contribution in [-0.2, 0) is 0 Å². The van der Waals surface area contributed by atoms with E-state index in [0.29, 0.717) is 0 Å². The van der Waals surface area contributed by atoms with E-state index in [2.05, 4.69) is 29.2 Å². The van der Waals surface area contributed by atoms with Crippen LogP contribution >= 0.6 is 0 Å². The van der Waals surface area contributed by atoms with Gasteiger partial charge in [-0.25, -0.2) is 0 Å². The fraction of sp³-hybridized carbons (Fsp3) is 1.00. The lowest BCUT2D eigenvalue weighted by Crippen LogP contribution is -2.37. The highest BCUT2D eigenvalue weighted by Gasteiger charge is 2.26. The van der Waals surface area contributed by atoms with Gasteiger partial charge in [0, 0.05) is 25.2 Å². The first-order valence-corrected chi connectivity index (χ1v) is 6.89. The number of rotatable bonds is 5. The summed E-state index contributed by atoms with van der Waals surface area (Å²) < 4.78 is 0. The normalized spacial score (nSPS) is 31.7. The zero-order valence-corrected chi connectivity index (χ0v) is 10.9. The van der Waals surface area contributed by atoms with Gasteiger partial charge in [-0.15, -0.1) is 0 Å². The van der Waals surface area contributed by atoms with Crippen molar-refractivity contribution >= 4 is 0 Å². The highest BCUT2D eigenvalue weighted by atomic mass is 15.2. The summed E-state index contributed by atoms with van der Waals surface area (Å²) in [4.78, 5) is 5.19. The quantitative estimate of drug-likeness (QED) is 0.757. The lowest BCUT2D eigenvalue weighted by atomic mass is 10.2. The second-order valence-corrected chi connectivity index (χ2v) is 5.48. The number of nitrogens with zero attached hydrogens (tertiary/aromatic N) is 2. The highest BCUT2D eigenvalue weighted by Crippen LogP contribution is 2.23. The summed E-state index contributed by atoms with van der Waals surface area (Å²) in [6.45, 7) is 5.19. The van der Waals surface area contributed by atoms with Crippen LogP contribution in [0.5, 0.6) is 0 Å². The van der Waals surface area contributed by atoms with Gasteiger partial charge in [-0.05, 0) is 59.3 Å². The Bertz CT molecular complexity index is 201. The second-order valence-electron chi connectivity index (χ2n) is 5.48. The van der Waals surface area contributed by atoms with Crippen molar-refractivity contribution in [1.29, 1.82) is 0 Å². The lowest BCUT2D eigenvalue weighted by Gasteiger charge is -2.26. The highest BCUT2D eigenvalue weighted by molar-refractivity contribution is 4.85. The van der Waals surface area contributed by atoms with E-state index in [1.165, 1.54) is 58.3 Å². The van der Waals surface area contributed by atoms with E-state index >= 15 is 0 Å². The van der Waals surface area contributed by atoms with Gasteiger partial charge in [0.2, 0.25) is 0 Å². The van der Waals surface area contributed by atoms with Crippen LogP contribution in [0.2, 0.25) is 0 Å². The minimum absolute atomic E-state index is 0.763. The maximum Gasteiger partial charge on any atom is 0.0109 e. The molecule has 16 heavy (non-hydrogen) atoms. The topological polar surface area (TPSA) is 18.5 Å². The molecule has 0 amide bonds. The van der Waals surface area contributed by atoms with Crippen LogP contribution in [0, 0.1) is 0 Å². The molecule has 2 aliphatic rings. The predicted octanol–water partition coefficient (Wildman–Crippen LogP) is 1.15. The molecule has 94 valence electrons. The Hall–Kier alpha value is -0.120. The smallest absolute Gasteiger partial charge is 0.0109 e. The third kappa shape index (κ3) is 3.19. The predicted molar refractivity (Wildman–Crippen MR) is 68.8 cm³/mol. The molecule has 0 bridgehead atoms. The lowest BCUT2D eigenvalue weighted by molar-refractivity contribution is 0.205. The van der Waals surface area contributed by atoms with Crippen molar-refractivity contribution in [1.82, 2.24) is 15.1 Å². The molecule has 0 aromatic carbocycles. The summed E-state index contributed by atoms with van der Waals surface area (Å²) in [6, 6.07) is 1.58. The maximum absolute atomic E-state index is 3.41. The standard InChI is InChI=1S/C13H27N3/c1-14-12-5-6-13(11-12)15(2)9-10-16-7-3-4-8-16/h12-14H,3-11H2,1-2H3. The van der Waals surface area contributed by atoms with Crippen LogP contribution in [0.1, 0.15) is 32.1 Å². The van der Waals surface area contributed by atoms with Gasteiger partial charge in [0.15, 0.2) is 0 Å². The summed E-state index contributed by atoms with van der Waals surface area (Å²) in [5, 5.41) is 3.41. The summed E-state index contributed by atoms with van der Waals surface area (Å²) >= 11 is 0. The number of likely N-dealkylation sites (tertiary alicyclic amines) is 1. The van der Waals surface area contributed by atoms with E-state index in [4.69, 9.17) is 0 Å². The second kappa shape index (κ2) is 5.99. The maximum atomic E-state index is 3.41. The van der Waals surface area contributed by atoms with Crippen molar-refractivity contribution < 1.29 is 0 Å². The first-order valence-electron chi connectivity index (χ1n) is 6.89. The molecule has 1 saturated carbocycles. The average Bonchev–Trinajstić information content (AvgIpc) is 2.96. The van der Waals surface area contributed by atoms with Gasteiger partial charge in [0.05, 0.1) is 0 Å². The van der Waals surface area contributed by atoms with Crippen molar-refractivity contribution in [3.8, 4) is 0 Å². The molecule has 1 aliphatic heterocycles. The zero-order valence-electron chi connectivity index (χ0n) is 10.9. The van der Waals surface area contributed by atoms with E-state index in [1.54, 1.807) is 0 Å². The van der Waals surface area contributed by atoms with Gasteiger partial charge in [0.25, 0.3) is 0 Å². The molecule has 2 rings (SSSR count). The monoisotopic (exact) mass is 225 g/mol. The number of likely N-dealkylation sites (N-methyl/N-ethyl adjacent to an activating group) is 1. The van der Waals surface area contributed by atoms with E-state index < -0.39 is 0 Å². The largest absolute Gasteiger partial charge is 0.317 e. The third-order valence-corrected chi connectivity index (χ3v) is 4.40. The van der Waals surface area contributed by atoms with Crippen LogP contribution in [0.3, 0.4) is 0 Å². The Balaban J connectivity index is 1.65. The Kier molecular flexibility index (Phi) is 4.62. The Morgan fingerprint density at radius 1 is 1.25 bits per heavy atom. The molecular weight excluding hydrogens is 198 g/mol. The molecule has 0 aromatic rings. The molecule has 1 heterocycles. The third-order valence-electron chi connectivity index (χ3n) is 4.40. The summed E-state index contributed by atoms with van der Waals surface area (Å²) in [5.74, 6) is 0. The Morgan fingerprint density at radius 3 is 2.62 bits per heavy atom. The van der Waals surface area contributed by atoms with Crippen molar-refractivity contribution in [3.63, 3.8) is 0 Å². The van der Waals surface area contributed by atoms with Gasteiger partial charge in [0.1, 0.15) is 0 Å². The Morgan fingerprint density at radius 2 is 2.00 bits per heavy atom. The molecule has 2 atom stereocenters. The summed E-state index contributed by atoms with van der Waals surface area (Å²) in [6.07, 6.45) is 6.90. The first kappa shape index (κ1) is 12.3. The van der Waals surface area contributed by atoms with Crippen LogP contribution in [0.15, 0.2) is 0 Å². The van der Waals surface area contributed by atoms with E-state index in [0.717, 1.165) is 12.1 Å². The van der Waals surface area contributed by atoms with Gasteiger partial charge in [-0.3, -0.25) is 0 Å². The van der Waals surface area contributed by atoms with E-state index in [1.807, 2.05) is 0 Å². The van der Waals surface area contributed by atoms with Crippen molar-refractivity contribution in [2.75, 3.05) is 40.3 Å². The molecule has 2 fully saturated rings. The molecule has 0 radical (unpaired) electrons. The molecule has 1 saturated heterocycles. The fourth-order valence-electron chi connectivity index (χ4n) is 3.11. The molecule has 0 spiro atoms.